The van der Waals surface area contributed by atoms with E-state index in [1.54, 1.807) is 0 Å². The van der Waals surface area contributed by atoms with Gasteiger partial charge in [-0.2, -0.15) is 5.11 Å². The lowest BCUT2D eigenvalue weighted by molar-refractivity contribution is 0.263. The van der Waals surface area contributed by atoms with Crippen molar-refractivity contribution in [3.63, 3.8) is 0 Å². The van der Waals surface area contributed by atoms with Crippen LogP contribution in [0, 0.1) is 0 Å². The first-order chi connectivity index (χ1) is 9.42. The summed E-state index contributed by atoms with van der Waals surface area (Å²) in [6, 6.07) is 17.2. The van der Waals surface area contributed by atoms with E-state index in [4.69, 9.17) is 9.47 Å². The van der Waals surface area contributed by atoms with Crippen LogP contribution < -0.4 is 4.74 Å². The van der Waals surface area contributed by atoms with Crippen LogP contribution in [-0.4, -0.2) is 19.3 Å². The summed E-state index contributed by atoms with van der Waals surface area (Å²) in [5.41, 5.74) is 1.55. The molecule has 1 heterocycles. The lowest BCUT2D eigenvalue weighted by Gasteiger charge is -2.06. The molecule has 1 unspecified atom stereocenters. The summed E-state index contributed by atoms with van der Waals surface area (Å²) in [6.45, 7) is 1.35. The van der Waals surface area contributed by atoms with Gasteiger partial charge in [0.05, 0.1) is 12.3 Å². The molecule has 0 aliphatic carbocycles. The smallest absolute Gasteiger partial charge is 0.146 e. The van der Waals surface area contributed by atoms with Crippen LogP contribution >= 0.6 is 0 Å². The Labute approximate surface area is 111 Å². The number of nitrogens with zero attached hydrogens (tertiary/aromatic N) is 2. The average Bonchev–Trinajstić information content (AvgIpc) is 3.29. The Bertz CT molecular complexity index is 565. The van der Waals surface area contributed by atoms with Gasteiger partial charge in [0.25, 0.3) is 0 Å². The summed E-state index contributed by atoms with van der Waals surface area (Å²) >= 11 is 0. The van der Waals surface area contributed by atoms with Gasteiger partial charge in [-0.1, -0.05) is 30.3 Å². The Morgan fingerprint density at radius 1 is 1.00 bits per heavy atom. The zero-order chi connectivity index (χ0) is 12.9. The van der Waals surface area contributed by atoms with Crippen molar-refractivity contribution in [1.82, 2.24) is 0 Å². The molecule has 2 aromatic carbocycles. The second-order valence-corrected chi connectivity index (χ2v) is 4.27. The van der Waals surface area contributed by atoms with Crippen molar-refractivity contribution in [2.75, 3.05) is 13.2 Å². The molecule has 3 rings (SSSR count). The van der Waals surface area contributed by atoms with Crippen molar-refractivity contribution < 1.29 is 9.47 Å². The molecule has 0 N–H and O–H groups in total. The van der Waals surface area contributed by atoms with Gasteiger partial charge in [0.15, 0.2) is 0 Å². The molecule has 0 saturated carbocycles. The topological polar surface area (TPSA) is 46.5 Å². The van der Waals surface area contributed by atoms with Crippen LogP contribution in [0.15, 0.2) is 64.8 Å². The monoisotopic (exact) mass is 254 g/mol. The maximum absolute atomic E-state index is 5.67. The normalized spacial score (nSPS) is 17.6. The second kappa shape index (κ2) is 5.63. The number of rotatable bonds is 5. The van der Waals surface area contributed by atoms with E-state index < -0.39 is 0 Å². The van der Waals surface area contributed by atoms with Gasteiger partial charge in [0.2, 0.25) is 0 Å². The standard InChI is InChI=1S/C15H14N2O2/c1-2-6-12(7-3-1)16-17-14-8-4-5-9-15(14)19-11-13-10-18-13/h1-9,13H,10-11H2. The Hall–Kier alpha value is -2.20. The van der Waals surface area contributed by atoms with E-state index in [1.165, 1.54) is 0 Å². The molecule has 0 aromatic heterocycles. The molecule has 96 valence electrons. The Balaban J connectivity index is 1.73. The van der Waals surface area contributed by atoms with Crippen LogP contribution in [0.25, 0.3) is 0 Å². The van der Waals surface area contributed by atoms with Gasteiger partial charge in [0.1, 0.15) is 24.1 Å². The second-order valence-electron chi connectivity index (χ2n) is 4.27. The van der Waals surface area contributed by atoms with Crippen molar-refractivity contribution in [3.05, 3.63) is 54.6 Å². The molecule has 4 nitrogen and oxygen atoms in total. The van der Waals surface area contributed by atoms with Crippen molar-refractivity contribution in [1.29, 1.82) is 0 Å². The number of hydrogen-bond acceptors (Lipinski definition) is 4. The fourth-order valence-corrected chi connectivity index (χ4v) is 1.62. The third-order valence-electron chi connectivity index (χ3n) is 2.72. The number of hydrogen-bond donors (Lipinski definition) is 0. The number of ether oxygens (including phenoxy) is 2. The summed E-state index contributed by atoms with van der Waals surface area (Å²) in [5.74, 6) is 0.734. The minimum absolute atomic E-state index is 0.235. The van der Waals surface area contributed by atoms with E-state index in [-0.39, 0.29) is 6.10 Å². The molecule has 2 aromatic rings. The van der Waals surface area contributed by atoms with Crippen LogP contribution in [0.3, 0.4) is 0 Å². The molecule has 0 amide bonds. The van der Waals surface area contributed by atoms with Crippen molar-refractivity contribution in [2.24, 2.45) is 10.2 Å². The summed E-state index contributed by atoms with van der Waals surface area (Å²) < 4.78 is 10.8. The molecule has 1 saturated heterocycles. The van der Waals surface area contributed by atoms with Crippen LogP contribution in [0.2, 0.25) is 0 Å². The van der Waals surface area contributed by atoms with E-state index in [0.717, 1.165) is 23.7 Å². The van der Waals surface area contributed by atoms with Crippen LogP contribution in [0.1, 0.15) is 0 Å². The van der Waals surface area contributed by atoms with Gasteiger partial charge in [-0.15, -0.1) is 5.11 Å². The Morgan fingerprint density at radius 3 is 2.53 bits per heavy atom. The molecule has 1 aliphatic heterocycles. The largest absolute Gasteiger partial charge is 0.488 e. The Kier molecular flexibility index (Phi) is 3.51. The summed E-state index contributed by atoms with van der Waals surface area (Å²) in [4.78, 5) is 0. The lowest BCUT2D eigenvalue weighted by atomic mass is 10.3. The minimum atomic E-state index is 0.235. The molecule has 0 spiro atoms. The summed E-state index contributed by atoms with van der Waals surface area (Å²) in [7, 11) is 0. The SMILES string of the molecule is c1ccc(N=Nc2ccccc2OCC2CO2)cc1. The van der Waals surface area contributed by atoms with Crippen LogP contribution in [0.4, 0.5) is 11.4 Å². The first kappa shape index (κ1) is 11.9. The molecule has 1 fully saturated rings. The number of azo groups is 1. The van der Waals surface area contributed by atoms with E-state index in [1.807, 2.05) is 54.6 Å². The van der Waals surface area contributed by atoms with E-state index in [9.17, 15) is 0 Å². The maximum Gasteiger partial charge on any atom is 0.146 e. The molecule has 4 heteroatoms. The molecule has 1 aliphatic rings. The van der Waals surface area contributed by atoms with Crippen LogP contribution in [-0.2, 0) is 4.74 Å². The average molecular weight is 254 g/mol. The zero-order valence-electron chi connectivity index (χ0n) is 10.4. The number of para-hydroxylation sites is 1. The Morgan fingerprint density at radius 2 is 1.74 bits per heavy atom. The van der Waals surface area contributed by atoms with Crippen molar-refractivity contribution in [3.8, 4) is 5.75 Å². The van der Waals surface area contributed by atoms with E-state index >= 15 is 0 Å². The predicted molar refractivity (Wildman–Crippen MR) is 72.3 cm³/mol. The van der Waals surface area contributed by atoms with Crippen molar-refractivity contribution in [2.45, 2.75) is 6.10 Å². The highest BCUT2D eigenvalue weighted by atomic mass is 16.6. The molecule has 0 bridgehead atoms. The van der Waals surface area contributed by atoms with Gasteiger partial charge < -0.3 is 9.47 Å². The third-order valence-corrected chi connectivity index (χ3v) is 2.72. The highest BCUT2D eigenvalue weighted by Gasteiger charge is 2.23. The highest BCUT2D eigenvalue weighted by Crippen LogP contribution is 2.29. The van der Waals surface area contributed by atoms with Gasteiger partial charge in [-0.25, -0.2) is 0 Å². The fourth-order valence-electron chi connectivity index (χ4n) is 1.62. The number of epoxide rings is 1. The quantitative estimate of drug-likeness (QED) is 0.600. The van der Waals surface area contributed by atoms with Gasteiger partial charge in [-0.05, 0) is 24.3 Å². The number of benzene rings is 2. The van der Waals surface area contributed by atoms with Gasteiger partial charge in [-0.3, -0.25) is 0 Å². The van der Waals surface area contributed by atoms with Crippen LogP contribution in [0.5, 0.6) is 5.75 Å². The zero-order valence-corrected chi connectivity index (χ0v) is 10.4. The summed E-state index contributed by atoms with van der Waals surface area (Å²) in [5, 5.41) is 8.43. The van der Waals surface area contributed by atoms with Crippen molar-refractivity contribution >= 4 is 11.4 Å². The molecular formula is C15H14N2O2. The fraction of sp³-hybridized carbons (Fsp3) is 0.200. The predicted octanol–water partition coefficient (Wildman–Crippen LogP) is 3.88. The first-order valence-electron chi connectivity index (χ1n) is 6.22. The minimum Gasteiger partial charge on any atom is -0.488 e. The highest BCUT2D eigenvalue weighted by molar-refractivity contribution is 5.51. The third kappa shape index (κ3) is 3.39. The first-order valence-corrected chi connectivity index (χ1v) is 6.22. The summed E-state index contributed by atoms with van der Waals surface area (Å²) in [6.07, 6.45) is 0.235. The van der Waals surface area contributed by atoms with E-state index in [2.05, 4.69) is 10.2 Å². The lowest BCUT2D eigenvalue weighted by Crippen LogP contribution is -2.03. The van der Waals surface area contributed by atoms with E-state index in [0.29, 0.717) is 6.61 Å². The van der Waals surface area contributed by atoms with Gasteiger partial charge in [0, 0.05) is 0 Å². The molecule has 0 radical (unpaired) electrons. The molecule has 1 atom stereocenters. The maximum atomic E-state index is 5.67. The molecule has 19 heavy (non-hydrogen) atoms. The molecular weight excluding hydrogens is 240 g/mol. The van der Waals surface area contributed by atoms with Gasteiger partial charge >= 0.3 is 0 Å².